The molecule has 6 nitrogen and oxygen atoms in total. The van der Waals surface area contributed by atoms with Crippen molar-refractivity contribution in [2.45, 2.75) is 39.2 Å². The highest BCUT2D eigenvalue weighted by molar-refractivity contribution is 7.92. The van der Waals surface area contributed by atoms with Crippen LogP contribution in [0, 0.1) is 12.7 Å². The van der Waals surface area contributed by atoms with Gasteiger partial charge in [0.25, 0.3) is 0 Å². The van der Waals surface area contributed by atoms with E-state index in [0.29, 0.717) is 18.5 Å². The number of pyridine rings is 1. The molecule has 0 aliphatic carbocycles. The molecule has 0 spiro atoms. The van der Waals surface area contributed by atoms with E-state index in [1.807, 2.05) is 49.4 Å². The highest BCUT2D eigenvalue weighted by Gasteiger charge is 2.18. The summed E-state index contributed by atoms with van der Waals surface area (Å²) in [6.07, 6.45) is 1.73. The zero-order valence-electron chi connectivity index (χ0n) is 18.9. The molecule has 0 aliphatic heterocycles. The van der Waals surface area contributed by atoms with Crippen molar-refractivity contribution in [1.82, 2.24) is 4.98 Å². The molecule has 0 saturated heterocycles. The molecule has 0 saturated carbocycles. The topological polar surface area (TPSA) is 88.2 Å². The number of carbonyl (C=O) groups is 1. The summed E-state index contributed by atoms with van der Waals surface area (Å²) < 4.78 is 39.1. The second kappa shape index (κ2) is 10.6. The van der Waals surface area contributed by atoms with Crippen molar-refractivity contribution in [2.75, 3.05) is 16.3 Å². The molecule has 3 aromatic rings. The summed E-state index contributed by atoms with van der Waals surface area (Å²) in [5.74, 6) is -0.520. The Kier molecular flexibility index (Phi) is 7.81. The number of nitrogens with zero attached hydrogens (tertiary/aromatic N) is 1. The maximum atomic E-state index is 14.3. The van der Waals surface area contributed by atoms with Gasteiger partial charge in [-0.3, -0.25) is 9.52 Å². The Hall–Kier alpha value is -3.26. The molecule has 0 aliphatic rings. The Morgan fingerprint density at radius 1 is 1.09 bits per heavy atom. The van der Waals surface area contributed by atoms with E-state index in [2.05, 4.69) is 15.0 Å². The van der Waals surface area contributed by atoms with Crippen molar-refractivity contribution in [2.24, 2.45) is 0 Å². The maximum Gasteiger partial charge on any atom is 0.229 e. The normalized spacial score (nSPS) is 12.2. The van der Waals surface area contributed by atoms with Crippen LogP contribution in [0.3, 0.4) is 0 Å². The van der Waals surface area contributed by atoms with Gasteiger partial charge < -0.3 is 5.32 Å². The summed E-state index contributed by atoms with van der Waals surface area (Å²) in [5, 5.41) is 3.36. The number of ketones is 1. The molecule has 174 valence electrons. The monoisotopic (exact) mass is 469 g/mol. The number of carbonyl (C=O) groups excluding carboxylic acids is 1. The van der Waals surface area contributed by atoms with Gasteiger partial charge in [0.15, 0.2) is 0 Å². The fourth-order valence-electron chi connectivity index (χ4n) is 3.47. The molecule has 3 rings (SSSR count). The average Bonchev–Trinajstić information content (AvgIpc) is 2.77. The number of aryl methyl sites for hydroxylation is 2. The average molecular weight is 470 g/mol. The molecular formula is C25H28FN3O3S. The summed E-state index contributed by atoms with van der Waals surface area (Å²) in [4.78, 5) is 17.4. The summed E-state index contributed by atoms with van der Waals surface area (Å²) in [5.41, 5.74) is 3.32. The van der Waals surface area contributed by atoms with Crippen LogP contribution in [-0.4, -0.2) is 25.4 Å². The predicted octanol–water partition coefficient (Wildman–Crippen LogP) is 4.82. The number of Topliss-reactive ketones (excluding diaryl/α,β-unsaturated/α-hetero) is 1. The van der Waals surface area contributed by atoms with Gasteiger partial charge in [-0.2, -0.15) is 0 Å². The quantitative estimate of drug-likeness (QED) is 0.445. The third-order valence-corrected chi connectivity index (χ3v) is 5.92. The Labute approximate surface area is 194 Å². The first-order chi connectivity index (χ1) is 15.6. The SMILES string of the molecule is Cc1ccc(CCC(=O)C(C)c2ccc(NS(C)(=O)=O)c(F)c2)c(NCc2ccccc2)n1. The zero-order chi connectivity index (χ0) is 24.0. The smallest absolute Gasteiger partial charge is 0.229 e. The highest BCUT2D eigenvalue weighted by atomic mass is 32.2. The number of benzene rings is 2. The van der Waals surface area contributed by atoms with Crippen LogP contribution in [0.1, 0.15) is 41.6 Å². The summed E-state index contributed by atoms with van der Waals surface area (Å²) in [7, 11) is -3.59. The molecular weight excluding hydrogens is 441 g/mol. The number of nitrogens with one attached hydrogen (secondary N) is 2. The molecule has 1 atom stereocenters. The van der Waals surface area contributed by atoms with E-state index in [1.165, 1.54) is 12.1 Å². The van der Waals surface area contributed by atoms with Gasteiger partial charge in [0.05, 0.1) is 11.9 Å². The fraction of sp³-hybridized carbons (Fsp3) is 0.280. The molecule has 1 unspecified atom stereocenters. The van der Waals surface area contributed by atoms with Gasteiger partial charge in [0, 0.05) is 24.6 Å². The number of rotatable bonds is 10. The minimum Gasteiger partial charge on any atom is -0.366 e. The molecule has 33 heavy (non-hydrogen) atoms. The Morgan fingerprint density at radius 2 is 1.82 bits per heavy atom. The highest BCUT2D eigenvalue weighted by Crippen LogP contribution is 2.25. The van der Waals surface area contributed by atoms with Crippen LogP contribution in [0.2, 0.25) is 0 Å². The van der Waals surface area contributed by atoms with E-state index in [1.54, 1.807) is 13.0 Å². The Morgan fingerprint density at radius 3 is 2.48 bits per heavy atom. The van der Waals surface area contributed by atoms with Crippen molar-refractivity contribution in [3.8, 4) is 0 Å². The van der Waals surface area contributed by atoms with Crippen LogP contribution in [0.15, 0.2) is 60.7 Å². The molecule has 2 N–H and O–H groups in total. The van der Waals surface area contributed by atoms with Gasteiger partial charge in [0.2, 0.25) is 10.0 Å². The number of sulfonamides is 1. The standard InChI is InChI=1S/C25H28FN3O3S/c1-17-9-10-20(25(28-17)27-16-19-7-5-4-6-8-19)12-14-24(30)18(2)21-11-13-23(22(26)15-21)29-33(3,31)32/h4-11,13,15,18,29H,12,14,16H2,1-3H3,(H,27,28). The van der Waals surface area contributed by atoms with Crippen LogP contribution < -0.4 is 10.0 Å². The van der Waals surface area contributed by atoms with Crippen LogP contribution in [0.5, 0.6) is 0 Å². The molecule has 8 heteroatoms. The van der Waals surface area contributed by atoms with E-state index < -0.39 is 21.8 Å². The lowest BCUT2D eigenvalue weighted by Crippen LogP contribution is -2.13. The van der Waals surface area contributed by atoms with Crippen molar-refractivity contribution < 1.29 is 17.6 Å². The van der Waals surface area contributed by atoms with Crippen LogP contribution in [0.25, 0.3) is 0 Å². The second-order valence-electron chi connectivity index (χ2n) is 8.10. The lowest BCUT2D eigenvalue weighted by atomic mass is 9.92. The summed E-state index contributed by atoms with van der Waals surface area (Å²) in [6.45, 7) is 4.27. The Bertz CT molecular complexity index is 1230. The first-order valence-corrected chi connectivity index (χ1v) is 12.6. The predicted molar refractivity (Wildman–Crippen MR) is 129 cm³/mol. The molecule has 0 bridgehead atoms. The minimum absolute atomic E-state index is 0.0344. The number of aromatic nitrogens is 1. The van der Waals surface area contributed by atoms with Gasteiger partial charge >= 0.3 is 0 Å². The van der Waals surface area contributed by atoms with Crippen LogP contribution >= 0.6 is 0 Å². The maximum absolute atomic E-state index is 14.3. The van der Waals surface area contributed by atoms with Crippen molar-refractivity contribution in [1.29, 1.82) is 0 Å². The molecule has 2 aromatic carbocycles. The zero-order valence-corrected chi connectivity index (χ0v) is 19.7. The number of hydrogen-bond donors (Lipinski definition) is 2. The second-order valence-corrected chi connectivity index (χ2v) is 9.85. The van der Waals surface area contributed by atoms with E-state index in [4.69, 9.17) is 0 Å². The molecule has 1 aromatic heterocycles. The Balaban J connectivity index is 1.66. The minimum atomic E-state index is -3.59. The van der Waals surface area contributed by atoms with E-state index in [9.17, 15) is 17.6 Å². The molecule has 0 radical (unpaired) electrons. The molecule has 0 amide bonds. The third-order valence-electron chi connectivity index (χ3n) is 5.33. The largest absolute Gasteiger partial charge is 0.366 e. The van der Waals surface area contributed by atoms with Gasteiger partial charge in [-0.1, -0.05) is 49.4 Å². The number of hydrogen-bond acceptors (Lipinski definition) is 5. The van der Waals surface area contributed by atoms with Gasteiger partial charge in [-0.25, -0.2) is 17.8 Å². The molecule has 0 fully saturated rings. The van der Waals surface area contributed by atoms with Crippen molar-refractivity contribution in [3.05, 3.63) is 88.9 Å². The third kappa shape index (κ3) is 7.12. The lowest BCUT2D eigenvalue weighted by molar-refractivity contribution is -0.120. The molecule has 1 heterocycles. The summed E-state index contributed by atoms with van der Waals surface area (Å²) >= 11 is 0. The first kappa shape index (κ1) is 24.4. The first-order valence-electron chi connectivity index (χ1n) is 10.7. The van der Waals surface area contributed by atoms with Gasteiger partial charge in [-0.05, 0) is 48.2 Å². The van der Waals surface area contributed by atoms with E-state index >= 15 is 0 Å². The van der Waals surface area contributed by atoms with Gasteiger partial charge in [0.1, 0.15) is 17.4 Å². The van der Waals surface area contributed by atoms with Crippen LogP contribution in [-0.2, 0) is 27.8 Å². The van der Waals surface area contributed by atoms with E-state index in [-0.39, 0.29) is 17.9 Å². The van der Waals surface area contributed by atoms with Crippen molar-refractivity contribution >= 4 is 27.3 Å². The number of halogens is 1. The fourth-order valence-corrected chi connectivity index (χ4v) is 4.03. The number of anilines is 2. The summed E-state index contributed by atoms with van der Waals surface area (Å²) in [6, 6.07) is 18.0. The van der Waals surface area contributed by atoms with Crippen molar-refractivity contribution in [3.63, 3.8) is 0 Å². The van der Waals surface area contributed by atoms with Gasteiger partial charge in [-0.15, -0.1) is 0 Å². The van der Waals surface area contributed by atoms with Crippen LogP contribution in [0.4, 0.5) is 15.9 Å². The lowest BCUT2D eigenvalue weighted by Gasteiger charge is -2.15. The van der Waals surface area contributed by atoms with E-state index in [0.717, 1.165) is 28.9 Å².